The number of sulfonamides is 1. The van der Waals surface area contributed by atoms with E-state index in [1.54, 1.807) is 0 Å². The summed E-state index contributed by atoms with van der Waals surface area (Å²) in [6.45, 7) is 0.347. The van der Waals surface area contributed by atoms with E-state index in [4.69, 9.17) is 9.56 Å². The average Bonchev–Trinajstić information content (AvgIpc) is 2.76. The first kappa shape index (κ1) is 14.5. The van der Waals surface area contributed by atoms with Crippen molar-refractivity contribution < 1.29 is 21.3 Å². The maximum atomic E-state index is 11.3. The molecule has 0 radical (unpaired) electrons. The van der Waals surface area contributed by atoms with Gasteiger partial charge in [-0.1, -0.05) is 0 Å². The lowest BCUT2D eigenvalue weighted by Gasteiger charge is -2.22. The Morgan fingerprint density at radius 1 is 1.32 bits per heavy atom. The van der Waals surface area contributed by atoms with Crippen molar-refractivity contribution in [3.63, 3.8) is 0 Å². The molecule has 0 bridgehead atoms. The zero-order valence-electron chi connectivity index (χ0n) is 10.2. The largest absolute Gasteiger partial charge is 0.447 e. The highest BCUT2D eigenvalue weighted by Gasteiger charge is 2.23. The molecule has 108 valence electrons. The fourth-order valence-electron chi connectivity index (χ4n) is 1.95. The Bertz CT molecular complexity index is 633. The lowest BCUT2D eigenvalue weighted by molar-refractivity contribution is 0.380. The summed E-state index contributed by atoms with van der Waals surface area (Å²) in [7, 11) is -6.69. The first-order valence-corrected chi connectivity index (χ1v) is 9.18. The lowest BCUT2D eigenvalue weighted by atomic mass is 10.1. The fourth-order valence-corrected chi connectivity index (χ4v) is 3.92. The van der Waals surface area contributed by atoms with Crippen LogP contribution in [-0.2, 0) is 26.4 Å². The molecule has 2 rings (SSSR count). The molecule has 0 saturated carbocycles. The van der Waals surface area contributed by atoms with Gasteiger partial charge in [0.15, 0.2) is 0 Å². The van der Waals surface area contributed by atoms with Crippen molar-refractivity contribution in [1.29, 1.82) is 0 Å². The molecular weight excluding hydrogens is 292 g/mol. The average molecular weight is 308 g/mol. The SMILES string of the molecule is NS(=O)(=O)c1ccc(CNC2CCS(=O)(=O)CC2)o1. The van der Waals surface area contributed by atoms with Gasteiger partial charge in [0.2, 0.25) is 5.09 Å². The highest BCUT2D eigenvalue weighted by Crippen LogP contribution is 2.15. The molecular formula is C10H16N2O5S2. The van der Waals surface area contributed by atoms with E-state index < -0.39 is 19.9 Å². The molecule has 0 aromatic carbocycles. The number of furan rings is 1. The second kappa shape index (κ2) is 5.23. The van der Waals surface area contributed by atoms with Gasteiger partial charge in [-0.2, -0.15) is 0 Å². The summed E-state index contributed by atoms with van der Waals surface area (Å²) < 4.78 is 49.6. The molecule has 1 aliphatic rings. The molecule has 19 heavy (non-hydrogen) atoms. The summed E-state index contributed by atoms with van der Waals surface area (Å²) in [5.74, 6) is 0.828. The van der Waals surface area contributed by atoms with Gasteiger partial charge in [-0.05, 0) is 25.0 Å². The predicted octanol–water partition coefficient (Wildman–Crippen LogP) is -0.406. The van der Waals surface area contributed by atoms with Crippen LogP contribution in [0.5, 0.6) is 0 Å². The standard InChI is InChI=1S/C10H16N2O5S2/c11-19(15,16)10-2-1-9(17-10)7-12-8-3-5-18(13,14)6-4-8/h1-2,8,12H,3-7H2,(H2,11,15,16). The van der Waals surface area contributed by atoms with Crippen LogP contribution in [0.4, 0.5) is 0 Å². The van der Waals surface area contributed by atoms with Crippen molar-refractivity contribution in [2.24, 2.45) is 5.14 Å². The van der Waals surface area contributed by atoms with Crippen LogP contribution >= 0.6 is 0 Å². The number of sulfone groups is 1. The Morgan fingerprint density at radius 2 is 1.95 bits per heavy atom. The quantitative estimate of drug-likeness (QED) is 0.780. The van der Waals surface area contributed by atoms with Crippen LogP contribution in [0.3, 0.4) is 0 Å². The molecule has 0 amide bonds. The third kappa shape index (κ3) is 4.03. The maximum Gasteiger partial charge on any atom is 0.271 e. The zero-order valence-corrected chi connectivity index (χ0v) is 11.8. The van der Waals surface area contributed by atoms with E-state index in [2.05, 4.69) is 5.32 Å². The second-order valence-electron chi connectivity index (χ2n) is 4.57. The van der Waals surface area contributed by atoms with Crippen LogP contribution in [0.15, 0.2) is 21.6 Å². The molecule has 1 saturated heterocycles. The van der Waals surface area contributed by atoms with Gasteiger partial charge in [0.05, 0.1) is 18.1 Å². The molecule has 0 spiro atoms. The van der Waals surface area contributed by atoms with Gasteiger partial charge in [0.1, 0.15) is 15.6 Å². The summed E-state index contributed by atoms with van der Waals surface area (Å²) in [5, 5.41) is 7.81. The Morgan fingerprint density at radius 3 is 2.47 bits per heavy atom. The molecule has 3 N–H and O–H groups in total. The van der Waals surface area contributed by atoms with Crippen LogP contribution in [-0.4, -0.2) is 34.4 Å². The van der Waals surface area contributed by atoms with Crippen molar-refractivity contribution in [3.8, 4) is 0 Å². The third-order valence-corrected chi connectivity index (χ3v) is 5.53. The molecule has 2 heterocycles. The maximum absolute atomic E-state index is 11.3. The fraction of sp³-hybridized carbons (Fsp3) is 0.600. The van der Waals surface area contributed by atoms with E-state index >= 15 is 0 Å². The number of hydrogen-bond donors (Lipinski definition) is 2. The summed E-state index contributed by atoms with van der Waals surface area (Å²) in [5.41, 5.74) is 0. The normalized spacial score (nSPS) is 20.5. The molecule has 9 heteroatoms. The van der Waals surface area contributed by atoms with Gasteiger partial charge >= 0.3 is 0 Å². The Hall–Kier alpha value is -0.900. The van der Waals surface area contributed by atoms with E-state index in [0.717, 1.165) is 0 Å². The minimum absolute atomic E-state index is 0.103. The summed E-state index contributed by atoms with van der Waals surface area (Å²) in [6.07, 6.45) is 1.12. The minimum atomic E-state index is -3.81. The topological polar surface area (TPSA) is 119 Å². The van der Waals surface area contributed by atoms with Crippen molar-refractivity contribution in [2.75, 3.05) is 11.5 Å². The monoisotopic (exact) mass is 308 g/mol. The molecule has 0 atom stereocenters. The molecule has 1 aliphatic heterocycles. The van der Waals surface area contributed by atoms with Crippen LogP contribution < -0.4 is 10.5 Å². The van der Waals surface area contributed by atoms with Crippen LogP contribution in [0.25, 0.3) is 0 Å². The van der Waals surface area contributed by atoms with Crippen molar-refractivity contribution in [1.82, 2.24) is 5.32 Å². The smallest absolute Gasteiger partial charge is 0.271 e. The predicted molar refractivity (Wildman–Crippen MR) is 68.6 cm³/mol. The van der Waals surface area contributed by atoms with Crippen LogP contribution in [0, 0.1) is 0 Å². The van der Waals surface area contributed by atoms with Gasteiger partial charge in [-0.25, -0.2) is 22.0 Å². The van der Waals surface area contributed by atoms with Gasteiger partial charge < -0.3 is 9.73 Å². The number of rotatable bonds is 4. The minimum Gasteiger partial charge on any atom is -0.447 e. The zero-order chi connectivity index (χ0) is 14.1. The summed E-state index contributed by atoms with van der Waals surface area (Å²) in [4.78, 5) is 0. The molecule has 1 aromatic rings. The highest BCUT2D eigenvalue weighted by molar-refractivity contribution is 7.91. The number of nitrogens with two attached hydrogens (primary N) is 1. The van der Waals surface area contributed by atoms with E-state index in [0.29, 0.717) is 25.1 Å². The number of nitrogens with one attached hydrogen (secondary N) is 1. The van der Waals surface area contributed by atoms with Gasteiger partial charge in [0, 0.05) is 6.04 Å². The van der Waals surface area contributed by atoms with Crippen LogP contribution in [0.2, 0.25) is 0 Å². The molecule has 7 nitrogen and oxygen atoms in total. The molecule has 0 unspecified atom stereocenters. The van der Waals surface area contributed by atoms with E-state index in [9.17, 15) is 16.8 Å². The second-order valence-corrected chi connectivity index (χ2v) is 8.37. The third-order valence-electron chi connectivity index (χ3n) is 3.04. The number of hydrogen-bond acceptors (Lipinski definition) is 6. The number of primary sulfonamides is 1. The Labute approximate surface area is 112 Å². The van der Waals surface area contributed by atoms with Crippen molar-refractivity contribution >= 4 is 19.9 Å². The summed E-state index contributed by atoms with van der Waals surface area (Å²) in [6, 6.07) is 2.94. The first-order chi connectivity index (χ1) is 8.76. The lowest BCUT2D eigenvalue weighted by Crippen LogP contribution is -2.37. The first-order valence-electron chi connectivity index (χ1n) is 5.82. The Balaban J connectivity index is 1.88. The molecule has 1 fully saturated rings. The van der Waals surface area contributed by atoms with Crippen molar-refractivity contribution in [2.45, 2.75) is 30.5 Å². The van der Waals surface area contributed by atoms with E-state index in [-0.39, 0.29) is 22.6 Å². The molecule has 0 aliphatic carbocycles. The highest BCUT2D eigenvalue weighted by atomic mass is 32.2. The molecule has 1 aromatic heterocycles. The van der Waals surface area contributed by atoms with Crippen molar-refractivity contribution in [3.05, 3.63) is 17.9 Å². The Kier molecular flexibility index (Phi) is 4.00. The van der Waals surface area contributed by atoms with E-state index in [1.807, 2.05) is 0 Å². The van der Waals surface area contributed by atoms with E-state index in [1.165, 1.54) is 12.1 Å². The van der Waals surface area contributed by atoms with Crippen LogP contribution in [0.1, 0.15) is 18.6 Å². The van der Waals surface area contributed by atoms with Gasteiger partial charge in [0.25, 0.3) is 10.0 Å². The summed E-state index contributed by atoms with van der Waals surface area (Å²) >= 11 is 0. The van der Waals surface area contributed by atoms with Gasteiger partial charge in [-0.15, -0.1) is 0 Å². The van der Waals surface area contributed by atoms with Gasteiger partial charge in [-0.3, -0.25) is 0 Å².